The lowest BCUT2D eigenvalue weighted by Crippen LogP contribution is -2.40. The highest BCUT2D eigenvalue weighted by molar-refractivity contribution is 5.81. The molecule has 1 aliphatic heterocycles. The van der Waals surface area contributed by atoms with Crippen molar-refractivity contribution in [3.05, 3.63) is 0 Å². The van der Waals surface area contributed by atoms with Gasteiger partial charge in [-0.1, -0.05) is 0 Å². The Balaban J connectivity index is 1.50. The molecule has 0 radical (unpaired) electrons. The predicted molar refractivity (Wildman–Crippen MR) is 57.3 cm³/mol. The molecule has 1 unspecified atom stereocenters. The van der Waals surface area contributed by atoms with Crippen molar-refractivity contribution in [3.63, 3.8) is 0 Å². The summed E-state index contributed by atoms with van der Waals surface area (Å²) in [6.07, 6.45) is 5.82. The van der Waals surface area contributed by atoms with E-state index < -0.39 is 0 Å². The Morgan fingerprint density at radius 2 is 2.29 bits per heavy atom. The lowest BCUT2D eigenvalue weighted by atomic mass is 10.0. The van der Waals surface area contributed by atoms with Gasteiger partial charge < -0.3 is 10.6 Å². The van der Waals surface area contributed by atoms with E-state index in [0.717, 1.165) is 25.0 Å². The van der Waals surface area contributed by atoms with Gasteiger partial charge in [-0.15, -0.1) is 0 Å². The van der Waals surface area contributed by atoms with E-state index >= 15 is 0 Å². The number of nitrogens with zero attached hydrogens (tertiary/aromatic N) is 1. The molecule has 0 aromatic heterocycles. The zero-order valence-electron chi connectivity index (χ0n) is 8.84. The maximum absolute atomic E-state index is 4.42. The fourth-order valence-electron chi connectivity index (χ4n) is 2.51. The second-order valence-electron chi connectivity index (χ2n) is 5.22. The van der Waals surface area contributed by atoms with Crippen LogP contribution in [0.3, 0.4) is 0 Å². The molecule has 2 fully saturated rings. The Morgan fingerprint density at radius 1 is 1.50 bits per heavy atom. The van der Waals surface area contributed by atoms with Gasteiger partial charge in [-0.05, 0) is 43.9 Å². The zero-order valence-corrected chi connectivity index (χ0v) is 8.84. The van der Waals surface area contributed by atoms with E-state index in [4.69, 9.17) is 0 Å². The van der Waals surface area contributed by atoms with Gasteiger partial charge in [-0.25, -0.2) is 0 Å². The molecule has 0 saturated heterocycles. The first kappa shape index (κ1) is 8.57. The molecule has 1 atom stereocenters. The number of aliphatic imine (C=N–C) groups is 1. The Hall–Kier alpha value is -0.730. The Labute approximate surface area is 85.4 Å². The van der Waals surface area contributed by atoms with E-state index in [1.165, 1.54) is 25.7 Å². The molecular formula is C11H19N3. The second-order valence-corrected chi connectivity index (χ2v) is 5.22. The Morgan fingerprint density at radius 3 is 2.79 bits per heavy atom. The molecule has 3 aliphatic rings. The minimum absolute atomic E-state index is 0.522. The van der Waals surface area contributed by atoms with Crippen LogP contribution in [-0.4, -0.2) is 25.1 Å². The zero-order chi connectivity index (χ0) is 9.60. The largest absolute Gasteiger partial charge is 0.356 e. The first-order chi connectivity index (χ1) is 6.78. The average molecular weight is 193 g/mol. The quantitative estimate of drug-likeness (QED) is 0.704. The summed E-state index contributed by atoms with van der Waals surface area (Å²) >= 11 is 0. The van der Waals surface area contributed by atoms with Gasteiger partial charge in [0.15, 0.2) is 5.96 Å². The summed E-state index contributed by atoms with van der Waals surface area (Å²) in [7, 11) is 0. The van der Waals surface area contributed by atoms with Gasteiger partial charge >= 0.3 is 0 Å². The smallest absolute Gasteiger partial charge is 0.191 e. The molecule has 0 amide bonds. The first-order valence-corrected chi connectivity index (χ1v) is 5.83. The van der Waals surface area contributed by atoms with Gasteiger partial charge in [0.1, 0.15) is 0 Å². The molecule has 0 spiro atoms. The number of nitrogens with one attached hydrogen (secondary N) is 2. The van der Waals surface area contributed by atoms with Crippen LogP contribution in [0.25, 0.3) is 0 Å². The van der Waals surface area contributed by atoms with Crippen LogP contribution in [0.15, 0.2) is 4.99 Å². The summed E-state index contributed by atoms with van der Waals surface area (Å²) in [6.45, 7) is 4.25. The van der Waals surface area contributed by atoms with Gasteiger partial charge in [0.25, 0.3) is 0 Å². The van der Waals surface area contributed by atoms with Crippen molar-refractivity contribution >= 4 is 5.96 Å². The van der Waals surface area contributed by atoms with E-state index in [2.05, 4.69) is 22.5 Å². The SMILES string of the molecule is CC1CN=C(NCC2(C3CC3)CC2)N1. The second kappa shape index (κ2) is 2.88. The van der Waals surface area contributed by atoms with Gasteiger partial charge in [0.05, 0.1) is 6.54 Å². The molecule has 0 aromatic rings. The van der Waals surface area contributed by atoms with Crippen LogP contribution in [0.5, 0.6) is 0 Å². The summed E-state index contributed by atoms with van der Waals surface area (Å²) in [6, 6.07) is 0.522. The third-order valence-corrected chi connectivity index (χ3v) is 3.85. The number of guanidine groups is 1. The van der Waals surface area contributed by atoms with Gasteiger partial charge in [0.2, 0.25) is 0 Å². The molecule has 1 heterocycles. The van der Waals surface area contributed by atoms with Crippen molar-refractivity contribution in [2.24, 2.45) is 16.3 Å². The van der Waals surface area contributed by atoms with Crippen molar-refractivity contribution in [2.75, 3.05) is 13.1 Å². The van der Waals surface area contributed by atoms with E-state index in [9.17, 15) is 0 Å². The molecule has 0 bridgehead atoms. The molecule has 2 saturated carbocycles. The lowest BCUT2D eigenvalue weighted by molar-refractivity contribution is 0.432. The molecule has 2 N–H and O–H groups in total. The standard InChI is InChI=1S/C11H19N3/c1-8-6-12-10(14-8)13-7-11(4-5-11)9-2-3-9/h8-9H,2-7H2,1H3,(H2,12,13,14). The number of hydrogen-bond acceptors (Lipinski definition) is 3. The highest BCUT2D eigenvalue weighted by Crippen LogP contribution is 2.60. The monoisotopic (exact) mass is 193 g/mol. The fraction of sp³-hybridized carbons (Fsp3) is 0.909. The summed E-state index contributed by atoms with van der Waals surface area (Å²) in [5, 5.41) is 6.83. The van der Waals surface area contributed by atoms with Gasteiger partial charge in [-0.2, -0.15) is 0 Å². The summed E-state index contributed by atoms with van der Waals surface area (Å²) in [4.78, 5) is 4.42. The summed E-state index contributed by atoms with van der Waals surface area (Å²) in [5.41, 5.74) is 0.677. The van der Waals surface area contributed by atoms with Crippen LogP contribution in [-0.2, 0) is 0 Å². The van der Waals surface area contributed by atoms with Crippen LogP contribution in [0, 0.1) is 11.3 Å². The number of rotatable bonds is 3. The fourth-order valence-corrected chi connectivity index (χ4v) is 2.51. The topological polar surface area (TPSA) is 36.4 Å². The van der Waals surface area contributed by atoms with Crippen LogP contribution in [0.2, 0.25) is 0 Å². The van der Waals surface area contributed by atoms with Gasteiger partial charge in [-0.3, -0.25) is 4.99 Å². The van der Waals surface area contributed by atoms with Crippen molar-refractivity contribution < 1.29 is 0 Å². The van der Waals surface area contributed by atoms with E-state index in [1.54, 1.807) is 0 Å². The highest BCUT2D eigenvalue weighted by atomic mass is 15.2. The highest BCUT2D eigenvalue weighted by Gasteiger charge is 2.53. The van der Waals surface area contributed by atoms with E-state index in [1.807, 2.05) is 0 Å². The third kappa shape index (κ3) is 1.49. The maximum Gasteiger partial charge on any atom is 0.191 e. The molecule has 3 rings (SSSR count). The maximum atomic E-state index is 4.42. The minimum atomic E-state index is 0.522. The van der Waals surface area contributed by atoms with Gasteiger partial charge in [0, 0.05) is 12.6 Å². The Kier molecular flexibility index (Phi) is 1.76. The lowest BCUT2D eigenvalue weighted by Gasteiger charge is -2.16. The van der Waals surface area contributed by atoms with E-state index in [-0.39, 0.29) is 0 Å². The van der Waals surface area contributed by atoms with Crippen molar-refractivity contribution in [1.29, 1.82) is 0 Å². The van der Waals surface area contributed by atoms with Crippen molar-refractivity contribution in [2.45, 2.75) is 38.6 Å². The van der Waals surface area contributed by atoms with Crippen LogP contribution in [0.4, 0.5) is 0 Å². The van der Waals surface area contributed by atoms with Crippen LogP contribution >= 0.6 is 0 Å². The van der Waals surface area contributed by atoms with Crippen molar-refractivity contribution in [1.82, 2.24) is 10.6 Å². The summed E-state index contributed by atoms with van der Waals surface area (Å²) < 4.78 is 0. The molecule has 3 nitrogen and oxygen atoms in total. The van der Waals surface area contributed by atoms with E-state index in [0.29, 0.717) is 11.5 Å². The van der Waals surface area contributed by atoms with Crippen LogP contribution < -0.4 is 10.6 Å². The normalized spacial score (nSPS) is 33.5. The average Bonchev–Trinajstić information content (AvgIpc) is 3.03. The van der Waals surface area contributed by atoms with Crippen LogP contribution in [0.1, 0.15) is 32.6 Å². The predicted octanol–water partition coefficient (Wildman–Crippen LogP) is 1.11. The molecule has 3 heteroatoms. The molecule has 0 aromatic carbocycles. The molecule has 14 heavy (non-hydrogen) atoms. The number of hydrogen-bond donors (Lipinski definition) is 2. The third-order valence-electron chi connectivity index (χ3n) is 3.85. The molecule has 2 aliphatic carbocycles. The molecule has 78 valence electrons. The summed E-state index contributed by atoms with van der Waals surface area (Å²) in [5.74, 6) is 2.07. The minimum Gasteiger partial charge on any atom is -0.356 e. The Bertz CT molecular complexity index is 264. The molecular weight excluding hydrogens is 174 g/mol. The first-order valence-electron chi connectivity index (χ1n) is 5.83. The van der Waals surface area contributed by atoms with Crippen molar-refractivity contribution in [3.8, 4) is 0 Å².